The Hall–Kier alpha value is -1.06. The van der Waals surface area contributed by atoms with Crippen LogP contribution in [0.1, 0.15) is 26.7 Å². The number of methoxy groups -OCH3 is 1. The molecule has 0 radical (unpaired) electrons. The Bertz CT molecular complexity index is 238. The van der Waals surface area contributed by atoms with Crippen molar-refractivity contribution in [1.29, 1.82) is 0 Å². The van der Waals surface area contributed by atoms with Gasteiger partial charge in [0.05, 0.1) is 19.8 Å². The van der Waals surface area contributed by atoms with Gasteiger partial charge >= 0.3 is 5.97 Å². The molecule has 0 fully saturated rings. The molecular formula is C10H17NO3. The third kappa shape index (κ3) is 2.47. The summed E-state index contributed by atoms with van der Waals surface area (Å²) in [6.07, 6.45) is 1.68. The van der Waals surface area contributed by atoms with Crippen LogP contribution < -0.4 is 0 Å². The lowest BCUT2D eigenvalue weighted by Crippen LogP contribution is -2.32. The SMILES string of the molecule is CCOC1=N[C@H](C)CC[C@@H]1C(=O)OC. The molecule has 0 spiro atoms. The van der Waals surface area contributed by atoms with E-state index in [9.17, 15) is 4.79 Å². The minimum Gasteiger partial charge on any atom is -0.481 e. The van der Waals surface area contributed by atoms with Crippen molar-refractivity contribution in [2.75, 3.05) is 13.7 Å². The third-order valence-electron chi connectivity index (χ3n) is 2.30. The number of hydrogen-bond donors (Lipinski definition) is 0. The Morgan fingerprint density at radius 1 is 1.57 bits per heavy atom. The summed E-state index contributed by atoms with van der Waals surface area (Å²) in [7, 11) is 1.39. The number of hydrogen-bond acceptors (Lipinski definition) is 4. The first kappa shape index (κ1) is 11.0. The highest BCUT2D eigenvalue weighted by molar-refractivity contribution is 5.98. The van der Waals surface area contributed by atoms with Gasteiger partial charge in [-0.1, -0.05) is 0 Å². The Kier molecular flexibility index (Phi) is 3.92. The summed E-state index contributed by atoms with van der Waals surface area (Å²) in [6, 6.07) is 0.248. The number of aliphatic imine (C=N–C) groups is 1. The molecule has 14 heavy (non-hydrogen) atoms. The minimum atomic E-state index is -0.295. The summed E-state index contributed by atoms with van der Waals surface area (Å²) in [6.45, 7) is 4.45. The maximum atomic E-state index is 11.4. The highest BCUT2D eigenvalue weighted by Crippen LogP contribution is 2.21. The monoisotopic (exact) mass is 199 g/mol. The Balaban J connectivity index is 2.74. The van der Waals surface area contributed by atoms with E-state index in [-0.39, 0.29) is 17.9 Å². The Labute approximate surface area is 84.3 Å². The number of carbonyl (C=O) groups excluding carboxylic acids is 1. The van der Waals surface area contributed by atoms with Crippen LogP contribution in [0.2, 0.25) is 0 Å². The lowest BCUT2D eigenvalue weighted by atomic mass is 9.97. The average molecular weight is 199 g/mol. The summed E-state index contributed by atoms with van der Waals surface area (Å²) >= 11 is 0. The van der Waals surface area contributed by atoms with Crippen molar-refractivity contribution < 1.29 is 14.3 Å². The van der Waals surface area contributed by atoms with Gasteiger partial charge in [-0.3, -0.25) is 9.79 Å². The quantitative estimate of drug-likeness (QED) is 0.631. The molecule has 4 nitrogen and oxygen atoms in total. The molecule has 0 N–H and O–H groups in total. The Morgan fingerprint density at radius 3 is 2.86 bits per heavy atom. The van der Waals surface area contributed by atoms with Gasteiger partial charge in [0, 0.05) is 0 Å². The van der Waals surface area contributed by atoms with E-state index in [0.29, 0.717) is 12.5 Å². The molecule has 0 aromatic carbocycles. The molecule has 0 saturated carbocycles. The van der Waals surface area contributed by atoms with Gasteiger partial charge in [-0.25, -0.2) is 0 Å². The fourth-order valence-electron chi connectivity index (χ4n) is 1.55. The second kappa shape index (κ2) is 4.98. The van der Waals surface area contributed by atoms with Gasteiger partial charge in [0.2, 0.25) is 0 Å². The maximum Gasteiger partial charge on any atom is 0.318 e. The summed E-state index contributed by atoms with van der Waals surface area (Å²) < 4.78 is 10.0. The molecule has 0 bridgehead atoms. The molecule has 1 aliphatic rings. The highest BCUT2D eigenvalue weighted by Gasteiger charge is 2.30. The zero-order valence-electron chi connectivity index (χ0n) is 8.95. The molecule has 0 aromatic rings. The van der Waals surface area contributed by atoms with Crippen LogP contribution >= 0.6 is 0 Å². The number of nitrogens with zero attached hydrogens (tertiary/aromatic N) is 1. The van der Waals surface area contributed by atoms with Crippen LogP contribution in [0.4, 0.5) is 0 Å². The van der Waals surface area contributed by atoms with Crippen LogP contribution in [-0.2, 0) is 14.3 Å². The first-order chi connectivity index (χ1) is 6.69. The van der Waals surface area contributed by atoms with Crippen LogP contribution in [0.3, 0.4) is 0 Å². The van der Waals surface area contributed by atoms with Crippen LogP contribution in [0.25, 0.3) is 0 Å². The number of rotatable bonds is 2. The molecule has 1 heterocycles. The van der Waals surface area contributed by atoms with Gasteiger partial charge in [-0.15, -0.1) is 0 Å². The molecule has 0 amide bonds. The zero-order chi connectivity index (χ0) is 10.6. The largest absolute Gasteiger partial charge is 0.481 e. The summed E-state index contributed by atoms with van der Waals surface area (Å²) in [5, 5.41) is 0. The van der Waals surface area contributed by atoms with Crippen molar-refractivity contribution in [2.24, 2.45) is 10.9 Å². The minimum absolute atomic E-state index is 0.246. The van der Waals surface area contributed by atoms with Crippen LogP contribution in [-0.4, -0.2) is 31.6 Å². The van der Waals surface area contributed by atoms with E-state index >= 15 is 0 Å². The van der Waals surface area contributed by atoms with Crippen molar-refractivity contribution in [3.05, 3.63) is 0 Å². The smallest absolute Gasteiger partial charge is 0.318 e. The lowest BCUT2D eigenvalue weighted by molar-refractivity contribution is -0.143. The van der Waals surface area contributed by atoms with Crippen molar-refractivity contribution >= 4 is 11.9 Å². The molecule has 0 aliphatic carbocycles. The fraction of sp³-hybridized carbons (Fsp3) is 0.800. The predicted molar refractivity (Wildman–Crippen MR) is 53.3 cm³/mol. The molecule has 1 aliphatic heterocycles. The molecule has 0 aromatic heterocycles. The van der Waals surface area contributed by atoms with Gasteiger partial charge in [-0.2, -0.15) is 0 Å². The van der Waals surface area contributed by atoms with Gasteiger partial charge in [0.15, 0.2) is 5.90 Å². The summed E-state index contributed by atoms with van der Waals surface area (Å²) in [5.74, 6) is -0.00153. The standard InChI is InChI=1S/C10H17NO3/c1-4-14-9-8(10(12)13-3)6-5-7(2)11-9/h7-8H,4-6H2,1-3H3/t7-,8+/m1/s1. The average Bonchev–Trinajstić information content (AvgIpc) is 2.17. The van der Waals surface area contributed by atoms with Crippen molar-refractivity contribution in [3.63, 3.8) is 0 Å². The highest BCUT2D eigenvalue weighted by atomic mass is 16.5. The van der Waals surface area contributed by atoms with Crippen molar-refractivity contribution in [1.82, 2.24) is 0 Å². The first-order valence-electron chi connectivity index (χ1n) is 4.97. The third-order valence-corrected chi connectivity index (χ3v) is 2.30. The molecule has 1 rings (SSSR count). The molecule has 0 saturated heterocycles. The topological polar surface area (TPSA) is 47.9 Å². The summed E-state index contributed by atoms with van der Waals surface area (Å²) in [5.41, 5.74) is 0. The maximum absolute atomic E-state index is 11.4. The lowest BCUT2D eigenvalue weighted by Gasteiger charge is -2.23. The molecular weight excluding hydrogens is 182 g/mol. The van der Waals surface area contributed by atoms with Crippen LogP contribution in [0.15, 0.2) is 4.99 Å². The molecule has 2 atom stereocenters. The predicted octanol–water partition coefficient (Wildman–Crippen LogP) is 1.39. The Morgan fingerprint density at radius 2 is 2.29 bits per heavy atom. The number of carbonyl (C=O) groups is 1. The van der Waals surface area contributed by atoms with Gasteiger partial charge in [0.1, 0.15) is 5.92 Å². The van der Waals surface area contributed by atoms with E-state index in [1.807, 2.05) is 13.8 Å². The van der Waals surface area contributed by atoms with Gasteiger partial charge < -0.3 is 9.47 Å². The van der Waals surface area contributed by atoms with Crippen molar-refractivity contribution in [2.45, 2.75) is 32.7 Å². The molecule has 0 unspecified atom stereocenters. The van der Waals surface area contributed by atoms with Crippen LogP contribution in [0.5, 0.6) is 0 Å². The van der Waals surface area contributed by atoms with E-state index in [4.69, 9.17) is 9.47 Å². The van der Waals surface area contributed by atoms with Crippen molar-refractivity contribution in [3.8, 4) is 0 Å². The zero-order valence-corrected chi connectivity index (χ0v) is 8.95. The first-order valence-corrected chi connectivity index (χ1v) is 4.97. The van der Waals surface area contributed by atoms with E-state index < -0.39 is 0 Å². The number of esters is 1. The number of ether oxygens (including phenoxy) is 2. The summed E-state index contributed by atoms with van der Waals surface area (Å²) in [4.78, 5) is 15.7. The van der Waals surface area contributed by atoms with Gasteiger partial charge in [-0.05, 0) is 26.7 Å². The van der Waals surface area contributed by atoms with Crippen LogP contribution in [0, 0.1) is 5.92 Å². The van der Waals surface area contributed by atoms with E-state index in [1.165, 1.54) is 7.11 Å². The second-order valence-corrected chi connectivity index (χ2v) is 3.40. The van der Waals surface area contributed by atoms with E-state index in [2.05, 4.69) is 4.99 Å². The normalized spacial score (nSPS) is 26.6. The van der Waals surface area contributed by atoms with E-state index in [1.54, 1.807) is 0 Å². The second-order valence-electron chi connectivity index (χ2n) is 3.40. The van der Waals surface area contributed by atoms with Gasteiger partial charge in [0.25, 0.3) is 0 Å². The molecule has 80 valence electrons. The fourth-order valence-corrected chi connectivity index (χ4v) is 1.55. The van der Waals surface area contributed by atoms with E-state index in [0.717, 1.165) is 12.8 Å². The molecule has 4 heteroatoms.